The van der Waals surface area contributed by atoms with Gasteiger partial charge in [-0.2, -0.15) is 0 Å². The van der Waals surface area contributed by atoms with Crippen LogP contribution in [0, 0.1) is 5.82 Å². The number of hydrogen-bond acceptors (Lipinski definition) is 4. The van der Waals surface area contributed by atoms with Gasteiger partial charge in [0.1, 0.15) is 5.82 Å². The van der Waals surface area contributed by atoms with Gasteiger partial charge in [0, 0.05) is 22.2 Å². The van der Waals surface area contributed by atoms with Gasteiger partial charge in [-0.3, -0.25) is 9.78 Å². The molecule has 18 heavy (non-hydrogen) atoms. The molecule has 0 unspecified atom stereocenters. The molecular formula is C13H8FNOS2. The van der Waals surface area contributed by atoms with Gasteiger partial charge in [-0.1, -0.05) is 0 Å². The fourth-order valence-corrected chi connectivity index (χ4v) is 3.30. The van der Waals surface area contributed by atoms with Crippen molar-refractivity contribution in [2.45, 2.75) is 6.42 Å². The maximum atomic E-state index is 13.1. The first-order chi connectivity index (χ1) is 8.72. The summed E-state index contributed by atoms with van der Waals surface area (Å²) in [4.78, 5) is 17.6. The molecular weight excluding hydrogens is 269 g/mol. The molecule has 0 saturated carbocycles. The summed E-state index contributed by atoms with van der Waals surface area (Å²) < 4.78 is 14.0. The van der Waals surface area contributed by atoms with Gasteiger partial charge in [0.15, 0.2) is 5.78 Å². The number of carbonyl (C=O) groups excluding carboxylic acids is 1. The van der Waals surface area contributed by atoms with Crippen LogP contribution in [0.25, 0.3) is 10.1 Å². The van der Waals surface area contributed by atoms with Crippen molar-refractivity contribution in [1.29, 1.82) is 0 Å². The second kappa shape index (κ2) is 4.59. The molecule has 1 aromatic carbocycles. The van der Waals surface area contributed by atoms with E-state index in [1.54, 1.807) is 23.8 Å². The number of benzene rings is 1. The van der Waals surface area contributed by atoms with Crippen LogP contribution in [0.4, 0.5) is 4.39 Å². The molecule has 0 aliphatic rings. The maximum Gasteiger partial charge on any atom is 0.178 e. The van der Waals surface area contributed by atoms with Crippen LogP contribution in [0.2, 0.25) is 0 Å². The van der Waals surface area contributed by atoms with Gasteiger partial charge < -0.3 is 0 Å². The van der Waals surface area contributed by atoms with E-state index in [1.807, 2.05) is 0 Å². The molecule has 0 aliphatic carbocycles. The van der Waals surface area contributed by atoms with Crippen LogP contribution in [0.1, 0.15) is 14.5 Å². The van der Waals surface area contributed by atoms with Gasteiger partial charge in [-0.05, 0) is 29.7 Å². The Labute approximate surface area is 111 Å². The summed E-state index contributed by atoms with van der Waals surface area (Å²) in [6, 6.07) is 6.33. The lowest BCUT2D eigenvalue weighted by Crippen LogP contribution is -1.98. The minimum atomic E-state index is -0.276. The van der Waals surface area contributed by atoms with Crippen molar-refractivity contribution in [3.05, 3.63) is 51.5 Å². The molecule has 2 aromatic heterocycles. The highest BCUT2D eigenvalue weighted by Crippen LogP contribution is 2.27. The fraction of sp³-hybridized carbons (Fsp3) is 0.0769. The molecule has 0 bridgehead atoms. The Morgan fingerprint density at radius 3 is 3.00 bits per heavy atom. The Hall–Kier alpha value is -1.59. The average molecular weight is 277 g/mol. The van der Waals surface area contributed by atoms with Crippen LogP contribution in [0.5, 0.6) is 0 Å². The molecule has 0 amide bonds. The Balaban J connectivity index is 1.92. The molecule has 0 saturated heterocycles. The summed E-state index contributed by atoms with van der Waals surface area (Å²) in [5.74, 6) is -0.220. The molecule has 0 fully saturated rings. The van der Waals surface area contributed by atoms with Gasteiger partial charge in [-0.15, -0.1) is 22.7 Å². The number of fused-ring (bicyclic) bond motifs is 1. The lowest BCUT2D eigenvalue weighted by atomic mass is 10.2. The van der Waals surface area contributed by atoms with E-state index in [9.17, 15) is 9.18 Å². The molecule has 0 spiro atoms. The first kappa shape index (κ1) is 11.5. The standard InChI is InChI=1S/C13H8FNOS2/c14-9-1-2-12-8(3-9)4-13(18-12)11(16)5-10-6-15-7-17-10/h1-4,6-7H,5H2. The van der Waals surface area contributed by atoms with E-state index in [-0.39, 0.29) is 11.6 Å². The quantitative estimate of drug-likeness (QED) is 0.679. The lowest BCUT2D eigenvalue weighted by molar-refractivity contribution is 0.0997. The molecule has 0 radical (unpaired) electrons. The second-order valence-corrected chi connectivity index (χ2v) is 5.92. The van der Waals surface area contributed by atoms with Crippen molar-refractivity contribution in [3.63, 3.8) is 0 Å². The molecule has 5 heteroatoms. The number of thiazole rings is 1. The molecule has 2 heterocycles. The zero-order chi connectivity index (χ0) is 12.5. The summed E-state index contributed by atoms with van der Waals surface area (Å²) in [5.41, 5.74) is 1.71. The van der Waals surface area contributed by atoms with Crippen molar-refractivity contribution in [2.75, 3.05) is 0 Å². The van der Waals surface area contributed by atoms with Crippen LogP contribution in [-0.2, 0) is 6.42 Å². The summed E-state index contributed by atoms with van der Waals surface area (Å²) in [7, 11) is 0. The number of nitrogens with zero attached hydrogens (tertiary/aromatic N) is 1. The number of thiophene rings is 1. The zero-order valence-electron chi connectivity index (χ0n) is 9.22. The van der Waals surface area contributed by atoms with Gasteiger partial charge in [0.2, 0.25) is 0 Å². The van der Waals surface area contributed by atoms with Gasteiger partial charge in [-0.25, -0.2) is 4.39 Å². The fourth-order valence-electron chi connectivity index (χ4n) is 1.73. The second-order valence-electron chi connectivity index (χ2n) is 3.86. The molecule has 3 rings (SSSR count). The van der Waals surface area contributed by atoms with Gasteiger partial charge in [0.05, 0.1) is 10.4 Å². The van der Waals surface area contributed by atoms with E-state index in [0.29, 0.717) is 11.3 Å². The van der Waals surface area contributed by atoms with Crippen LogP contribution in [0.15, 0.2) is 36.0 Å². The Morgan fingerprint density at radius 1 is 1.33 bits per heavy atom. The summed E-state index contributed by atoms with van der Waals surface area (Å²) in [6.07, 6.45) is 2.07. The van der Waals surface area contributed by atoms with Gasteiger partial charge in [0.25, 0.3) is 0 Å². The number of carbonyl (C=O) groups is 1. The highest BCUT2D eigenvalue weighted by Gasteiger charge is 2.12. The van der Waals surface area contributed by atoms with E-state index < -0.39 is 0 Å². The summed E-state index contributed by atoms with van der Waals surface area (Å²) in [6.45, 7) is 0. The van der Waals surface area contributed by atoms with E-state index >= 15 is 0 Å². The van der Waals surface area contributed by atoms with Crippen LogP contribution < -0.4 is 0 Å². The minimum Gasteiger partial charge on any atom is -0.293 e. The number of halogens is 1. The average Bonchev–Trinajstić information content (AvgIpc) is 2.96. The number of Topliss-reactive ketones (excluding diaryl/α,β-unsaturated/α-hetero) is 1. The van der Waals surface area contributed by atoms with Crippen molar-refractivity contribution < 1.29 is 9.18 Å². The minimum absolute atomic E-state index is 0.0564. The zero-order valence-corrected chi connectivity index (χ0v) is 10.9. The number of hydrogen-bond donors (Lipinski definition) is 0. The predicted molar refractivity (Wildman–Crippen MR) is 71.9 cm³/mol. The topological polar surface area (TPSA) is 30.0 Å². The Bertz CT molecular complexity index is 703. The maximum absolute atomic E-state index is 13.1. The summed E-state index contributed by atoms with van der Waals surface area (Å²) >= 11 is 2.87. The van der Waals surface area contributed by atoms with Crippen molar-refractivity contribution >= 4 is 38.5 Å². The normalized spacial score (nSPS) is 10.9. The third-order valence-corrected chi connectivity index (χ3v) is 4.51. The van der Waals surface area contributed by atoms with E-state index in [2.05, 4.69) is 4.98 Å². The first-order valence-corrected chi connectivity index (χ1v) is 7.01. The molecule has 0 aliphatic heterocycles. The predicted octanol–water partition coefficient (Wildman–Crippen LogP) is 3.92. The Kier molecular flexibility index (Phi) is 2.93. The van der Waals surface area contributed by atoms with Crippen molar-refractivity contribution in [2.24, 2.45) is 0 Å². The smallest absolute Gasteiger partial charge is 0.178 e. The highest BCUT2D eigenvalue weighted by molar-refractivity contribution is 7.20. The van der Waals surface area contributed by atoms with Crippen LogP contribution in [0.3, 0.4) is 0 Å². The van der Waals surface area contributed by atoms with E-state index in [4.69, 9.17) is 0 Å². The number of aromatic nitrogens is 1. The summed E-state index contributed by atoms with van der Waals surface area (Å²) in [5, 5.41) is 0.785. The highest BCUT2D eigenvalue weighted by atomic mass is 32.1. The van der Waals surface area contributed by atoms with Crippen molar-refractivity contribution in [1.82, 2.24) is 4.98 Å². The largest absolute Gasteiger partial charge is 0.293 e. The monoisotopic (exact) mass is 277 g/mol. The molecule has 2 nitrogen and oxygen atoms in total. The first-order valence-electron chi connectivity index (χ1n) is 5.32. The lowest BCUT2D eigenvalue weighted by Gasteiger charge is -1.92. The Morgan fingerprint density at radius 2 is 2.22 bits per heavy atom. The van der Waals surface area contributed by atoms with E-state index in [0.717, 1.165) is 15.0 Å². The number of ketones is 1. The molecule has 0 N–H and O–H groups in total. The molecule has 0 atom stereocenters. The van der Waals surface area contributed by atoms with Crippen LogP contribution >= 0.6 is 22.7 Å². The van der Waals surface area contributed by atoms with Crippen molar-refractivity contribution in [3.8, 4) is 0 Å². The third-order valence-electron chi connectivity index (χ3n) is 2.57. The van der Waals surface area contributed by atoms with Gasteiger partial charge >= 0.3 is 0 Å². The SMILES string of the molecule is O=C(Cc1cncs1)c1cc2cc(F)ccc2s1. The van der Waals surface area contributed by atoms with Crippen LogP contribution in [-0.4, -0.2) is 10.8 Å². The van der Waals surface area contributed by atoms with E-state index in [1.165, 1.54) is 34.8 Å². The third kappa shape index (κ3) is 2.19. The molecule has 90 valence electrons. The molecule has 3 aromatic rings. The number of rotatable bonds is 3.